The summed E-state index contributed by atoms with van der Waals surface area (Å²) in [6, 6.07) is 9.67. The van der Waals surface area contributed by atoms with Gasteiger partial charge in [0, 0.05) is 17.1 Å². The summed E-state index contributed by atoms with van der Waals surface area (Å²) in [6.45, 7) is 3.88. The number of hydrogen-bond acceptors (Lipinski definition) is 1. The smallest absolute Gasteiger partial charge is 0.206 e. The Morgan fingerprint density at radius 2 is 1.94 bits per heavy atom. The van der Waals surface area contributed by atoms with Crippen LogP contribution in [0.1, 0.15) is 11.3 Å². The van der Waals surface area contributed by atoms with Crippen molar-refractivity contribution in [2.45, 2.75) is 13.8 Å². The second kappa shape index (κ2) is 2.98. The lowest BCUT2D eigenvalue weighted by atomic mass is 10.2. The number of H-pyrrole nitrogens is 1. The molecule has 0 aliphatic carbocycles. The summed E-state index contributed by atoms with van der Waals surface area (Å²) in [7, 11) is 0. The second-order valence-electron chi connectivity index (χ2n) is 4.13. The summed E-state index contributed by atoms with van der Waals surface area (Å²) in [5, 5.41) is 4.34. The fraction of sp³-hybridized carbons (Fsp3) is 0.154. The highest BCUT2D eigenvalue weighted by Gasteiger charge is 2.10. The first kappa shape index (κ1) is 9.21. The molecule has 0 spiro atoms. The first-order valence-electron chi connectivity index (χ1n) is 5.28. The Morgan fingerprint density at radius 1 is 1.19 bits per heavy atom. The lowest BCUT2D eigenvalue weighted by Crippen LogP contribution is -2.08. The molecule has 3 aromatic rings. The van der Waals surface area contributed by atoms with Gasteiger partial charge in [-0.05, 0) is 25.5 Å². The van der Waals surface area contributed by atoms with Crippen molar-refractivity contribution in [3.05, 3.63) is 51.8 Å². The maximum Gasteiger partial charge on any atom is 0.206 e. The number of hydrogen-bond donors (Lipinski definition) is 1. The third kappa shape index (κ3) is 1.05. The topological polar surface area (TPSA) is 37.3 Å². The molecule has 0 saturated carbocycles. The van der Waals surface area contributed by atoms with E-state index in [2.05, 4.69) is 5.10 Å². The monoisotopic (exact) mass is 212 g/mol. The van der Waals surface area contributed by atoms with E-state index < -0.39 is 0 Å². The minimum Gasteiger partial charge on any atom is -0.298 e. The molecule has 0 fully saturated rings. The van der Waals surface area contributed by atoms with Crippen LogP contribution >= 0.6 is 0 Å². The molecule has 2 aromatic heterocycles. The maximum atomic E-state index is 11.9. The van der Waals surface area contributed by atoms with Crippen molar-refractivity contribution in [2.75, 3.05) is 0 Å². The minimum absolute atomic E-state index is 0.0740. The van der Waals surface area contributed by atoms with Crippen molar-refractivity contribution in [1.82, 2.24) is 9.61 Å². The Labute approximate surface area is 92.3 Å². The van der Waals surface area contributed by atoms with Crippen LogP contribution in [0.3, 0.4) is 0 Å². The first-order chi connectivity index (χ1) is 7.68. The van der Waals surface area contributed by atoms with Gasteiger partial charge in [0.2, 0.25) is 5.43 Å². The van der Waals surface area contributed by atoms with Crippen LogP contribution in [-0.4, -0.2) is 9.61 Å². The van der Waals surface area contributed by atoms with Gasteiger partial charge in [0.15, 0.2) is 0 Å². The Bertz CT molecular complexity index is 750. The summed E-state index contributed by atoms with van der Waals surface area (Å²) < 4.78 is 1.88. The summed E-state index contributed by atoms with van der Waals surface area (Å²) in [4.78, 5) is 11.9. The highest BCUT2D eigenvalue weighted by Crippen LogP contribution is 2.22. The van der Waals surface area contributed by atoms with Gasteiger partial charge in [-0.25, -0.2) is 0 Å². The van der Waals surface area contributed by atoms with E-state index in [9.17, 15) is 4.79 Å². The van der Waals surface area contributed by atoms with Gasteiger partial charge in [0.05, 0.1) is 5.52 Å². The maximum absolute atomic E-state index is 11.9. The van der Waals surface area contributed by atoms with Crippen molar-refractivity contribution in [3.63, 3.8) is 0 Å². The first-order valence-corrected chi connectivity index (χ1v) is 5.28. The third-order valence-corrected chi connectivity index (χ3v) is 3.00. The summed E-state index contributed by atoms with van der Waals surface area (Å²) in [6.07, 6.45) is 0. The van der Waals surface area contributed by atoms with Crippen molar-refractivity contribution < 1.29 is 0 Å². The zero-order valence-corrected chi connectivity index (χ0v) is 9.24. The van der Waals surface area contributed by atoms with Crippen LogP contribution in [0.4, 0.5) is 0 Å². The molecular weight excluding hydrogens is 200 g/mol. The van der Waals surface area contributed by atoms with E-state index in [4.69, 9.17) is 0 Å². The number of nitrogens with zero attached hydrogens (tertiary/aromatic N) is 1. The molecule has 0 atom stereocenters. The molecule has 1 N–H and O–H groups in total. The minimum atomic E-state index is 0.0740. The molecule has 0 bridgehead atoms. The molecule has 2 heterocycles. The van der Waals surface area contributed by atoms with Crippen molar-refractivity contribution in [3.8, 4) is 0 Å². The standard InChI is InChI=1S/C13H12N2O/c1-8-7-12(16)13-9(2)10-5-3-4-6-11(10)15(13)14-8/h3-7,14H,1-2H3. The van der Waals surface area contributed by atoms with Crippen LogP contribution in [0, 0.1) is 13.8 Å². The number of nitrogens with one attached hydrogen (secondary N) is 1. The van der Waals surface area contributed by atoms with Gasteiger partial charge in [0.25, 0.3) is 0 Å². The number of rotatable bonds is 0. The van der Waals surface area contributed by atoms with Crippen LogP contribution < -0.4 is 5.43 Å². The zero-order chi connectivity index (χ0) is 11.3. The average Bonchev–Trinajstić information content (AvgIpc) is 2.54. The number of para-hydroxylation sites is 1. The van der Waals surface area contributed by atoms with Gasteiger partial charge in [0.1, 0.15) is 5.52 Å². The van der Waals surface area contributed by atoms with Gasteiger partial charge >= 0.3 is 0 Å². The van der Waals surface area contributed by atoms with E-state index in [1.807, 2.05) is 42.6 Å². The average molecular weight is 212 g/mol. The predicted octanol–water partition coefficient (Wildman–Crippen LogP) is 2.40. The summed E-state index contributed by atoms with van der Waals surface area (Å²) in [5.74, 6) is 0. The Hall–Kier alpha value is -2.03. The number of aromatic amines is 1. The van der Waals surface area contributed by atoms with Gasteiger partial charge in [-0.3, -0.25) is 14.4 Å². The van der Waals surface area contributed by atoms with E-state index >= 15 is 0 Å². The van der Waals surface area contributed by atoms with Crippen molar-refractivity contribution >= 4 is 16.4 Å². The van der Waals surface area contributed by atoms with Gasteiger partial charge in [-0.15, -0.1) is 0 Å². The van der Waals surface area contributed by atoms with E-state index in [0.29, 0.717) is 0 Å². The number of benzene rings is 1. The van der Waals surface area contributed by atoms with E-state index in [0.717, 1.165) is 27.7 Å². The molecule has 0 aliphatic rings. The third-order valence-electron chi connectivity index (χ3n) is 3.00. The SMILES string of the molecule is Cc1cc(=O)c2c(C)c3ccccc3n2[nH]1. The van der Waals surface area contributed by atoms with Gasteiger partial charge < -0.3 is 0 Å². The summed E-state index contributed by atoms with van der Waals surface area (Å²) in [5.41, 5.74) is 3.78. The molecule has 3 nitrogen and oxygen atoms in total. The second-order valence-corrected chi connectivity index (χ2v) is 4.13. The fourth-order valence-electron chi connectivity index (χ4n) is 2.29. The van der Waals surface area contributed by atoms with Crippen LogP contribution in [0.2, 0.25) is 0 Å². The van der Waals surface area contributed by atoms with Crippen LogP contribution in [-0.2, 0) is 0 Å². The molecule has 0 unspecified atom stereocenters. The Balaban J connectivity index is 2.73. The van der Waals surface area contributed by atoms with Crippen LogP contribution in [0.5, 0.6) is 0 Å². The highest BCUT2D eigenvalue weighted by atomic mass is 16.1. The zero-order valence-electron chi connectivity index (χ0n) is 9.24. The predicted molar refractivity (Wildman–Crippen MR) is 65.0 cm³/mol. The molecule has 16 heavy (non-hydrogen) atoms. The fourth-order valence-corrected chi connectivity index (χ4v) is 2.29. The van der Waals surface area contributed by atoms with Gasteiger partial charge in [-0.1, -0.05) is 18.2 Å². The van der Waals surface area contributed by atoms with Crippen molar-refractivity contribution in [2.24, 2.45) is 0 Å². The molecule has 0 aliphatic heterocycles. The Morgan fingerprint density at radius 3 is 2.75 bits per heavy atom. The van der Waals surface area contributed by atoms with Crippen LogP contribution in [0.25, 0.3) is 16.4 Å². The number of aromatic nitrogens is 2. The van der Waals surface area contributed by atoms with E-state index in [1.54, 1.807) is 6.07 Å². The molecule has 80 valence electrons. The molecule has 3 rings (SSSR count). The molecule has 3 heteroatoms. The lowest BCUT2D eigenvalue weighted by Gasteiger charge is -1.99. The number of aryl methyl sites for hydroxylation is 2. The quantitative estimate of drug-likeness (QED) is 0.610. The largest absolute Gasteiger partial charge is 0.298 e. The molecule has 0 saturated heterocycles. The highest BCUT2D eigenvalue weighted by molar-refractivity contribution is 5.91. The molecule has 1 aromatic carbocycles. The lowest BCUT2D eigenvalue weighted by molar-refractivity contribution is 0.925. The normalized spacial score (nSPS) is 11.4. The molecular formula is C13H12N2O. The molecule has 0 radical (unpaired) electrons. The van der Waals surface area contributed by atoms with Crippen molar-refractivity contribution in [1.29, 1.82) is 0 Å². The number of fused-ring (bicyclic) bond motifs is 3. The van der Waals surface area contributed by atoms with E-state index in [1.165, 1.54) is 0 Å². The Kier molecular flexibility index (Phi) is 1.72. The van der Waals surface area contributed by atoms with Gasteiger partial charge in [-0.2, -0.15) is 0 Å². The van der Waals surface area contributed by atoms with Crippen LogP contribution in [0.15, 0.2) is 35.1 Å². The summed E-state index contributed by atoms with van der Waals surface area (Å²) >= 11 is 0. The molecule has 0 amide bonds. The van der Waals surface area contributed by atoms with E-state index in [-0.39, 0.29) is 5.43 Å².